The molecule has 0 aliphatic heterocycles. The van der Waals surface area contributed by atoms with Gasteiger partial charge in [-0.1, -0.05) is 24.4 Å². The summed E-state index contributed by atoms with van der Waals surface area (Å²) >= 11 is 6.23. The number of halogens is 1. The van der Waals surface area contributed by atoms with E-state index < -0.39 is 5.97 Å². The number of nitrogens with zero attached hydrogens (tertiary/aromatic N) is 4. The third-order valence-electron chi connectivity index (χ3n) is 3.81. The summed E-state index contributed by atoms with van der Waals surface area (Å²) in [5.74, 6) is -0.459. The Kier molecular flexibility index (Phi) is 3.63. The zero-order valence-electron chi connectivity index (χ0n) is 11.6. The normalized spacial score (nSPS) is 15.5. The summed E-state index contributed by atoms with van der Waals surface area (Å²) in [6, 6.07) is 3.52. The number of rotatable bonds is 3. The molecule has 2 heterocycles. The average molecular weight is 307 g/mol. The second kappa shape index (κ2) is 5.44. The van der Waals surface area contributed by atoms with Crippen molar-refractivity contribution in [3.05, 3.63) is 34.2 Å². The highest BCUT2D eigenvalue weighted by Gasteiger charge is 2.30. The summed E-state index contributed by atoms with van der Waals surface area (Å²) in [4.78, 5) is 11.5. The van der Waals surface area contributed by atoms with Gasteiger partial charge in [-0.15, -0.1) is 5.10 Å². The Morgan fingerprint density at radius 1 is 1.33 bits per heavy atom. The molecular formula is C14H15ClN4O2. The zero-order valence-corrected chi connectivity index (χ0v) is 12.3. The minimum Gasteiger partial charge on any atom is -0.478 e. The van der Waals surface area contributed by atoms with Crippen LogP contribution in [0.4, 0.5) is 0 Å². The van der Waals surface area contributed by atoms with Gasteiger partial charge in [-0.3, -0.25) is 0 Å². The summed E-state index contributed by atoms with van der Waals surface area (Å²) in [5.41, 5.74) is 1.43. The molecule has 0 bridgehead atoms. The van der Waals surface area contributed by atoms with Gasteiger partial charge in [-0.25, -0.2) is 9.48 Å². The van der Waals surface area contributed by atoms with Gasteiger partial charge >= 0.3 is 5.97 Å². The smallest absolute Gasteiger partial charge is 0.340 e. The second-order valence-electron chi connectivity index (χ2n) is 5.28. The van der Waals surface area contributed by atoms with Crippen molar-refractivity contribution in [3.63, 3.8) is 0 Å². The summed E-state index contributed by atoms with van der Waals surface area (Å²) in [7, 11) is 0. The molecule has 1 aliphatic carbocycles. The minimum atomic E-state index is -1.05. The van der Waals surface area contributed by atoms with E-state index in [1.54, 1.807) is 12.1 Å². The monoisotopic (exact) mass is 306 g/mol. The first-order chi connectivity index (χ1) is 10.1. The molecule has 110 valence electrons. The van der Waals surface area contributed by atoms with E-state index in [0.717, 1.165) is 31.4 Å². The van der Waals surface area contributed by atoms with Gasteiger partial charge in [0.1, 0.15) is 10.7 Å². The van der Waals surface area contributed by atoms with Gasteiger partial charge in [0.25, 0.3) is 0 Å². The van der Waals surface area contributed by atoms with Crippen LogP contribution in [-0.2, 0) is 0 Å². The first-order valence-electron chi connectivity index (χ1n) is 6.90. The summed E-state index contributed by atoms with van der Waals surface area (Å²) < 4.78 is 1.37. The van der Waals surface area contributed by atoms with Crippen molar-refractivity contribution in [2.75, 3.05) is 0 Å². The highest BCUT2D eigenvalue weighted by molar-refractivity contribution is 6.33. The lowest BCUT2D eigenvalue weighted by molar-refractivity contribution is 0.0695. The number of carboxylic acid groups (broad SMARTS) is 1. The molecule has 2 aromatic heterocycles. The summed E-state index contributed by atoms with van der Waals surface area (Å²) in [6.07, 6.45) is 4.09. The number of aromatic nitrogens is 4. The second-order valence-corrected chi connectivity index (χ2v) is 5.64. The van der Waals surface area contributed by atoms with Crippen molar-refractivity contribution in [2.24, 2.45) is 0 Å². The first-order valence-corrected chi connectivity index (χ1v) is 7.28. The maximum Gasteiger partial charge on any atom is 0.340 e. The minimum absolute atomic E-state index is 0.0857. The number of hydrogen-bond donors (Lipinski definition) is 1. The van der Waals surface area contributed by atoms with E-state index in [0.29, 0.717) is 11.5 Å². The van der Waals surface area contributed by atoms with Crippen molar-refractivity contribution in [1.29, 1.82) is 0 Å². The number of hydrogen-bond acceptors (Lipinski definition) is 4. The van der Waals surface area contributed by atoms with E-state index in [9.17, 15) is 9.90 Å². The first kappa shape index (κ1) is 14.0. The van der Waals surface area contributed by atoms with Gasteiger partial charge < -0.3 is 5.11 Å². The van der Waals surface area contributed by atoms with Crippen LogP contribution in [0.2, 0.25) is 5.15 Å². The van der Waals surface area contributed by atoms with Crippen LogP contribution in [0, 0.1) is 6.92 Å². The Hall–Kier alpha value is -1.95. The zero-order chi connectivity index (χ0) is 15.0. The molecule has 1 fully saturated rings. The van der Waals surface area contributed by atoms with Gasteiger partial charge in [-0.2, -0.15) is 10.2 Å². The largest absolute Gasteiger partial charge is 0.478 e. The molecule has 2 aromatic rings. The molecule has 0 spiro atoms. The van der Waals surface area contributed by atoms with Crippen LogP contribution >= 0.6 is 11.6 Å². The number of carbonyl (C=O) groups is 1. The van der Waals surface area contributed by atoms with E-state index in [4.69, 9.17) is 11.6 Å². The lowest BCUT2D eigenvalue weighted by Gasteiger charge is -2.05. The van der Waals surface area contributed by atoms with Crippen LogP contribution in [0.25, 0.3) is 5.82 Å². The van der Waals surface area contributed by atoms with Crippen LogP contribution in [0.1, 0.15) is 53.3 Å². The molecule has 1 N–H and O–H groups in total. The van der Waals surface area contributed by atoms with Gasteiger partial charge in [-0.05, 0) is 31.9 Å². The third-order valence-corrected chi connectivity index (χ3v) is 4.16. The maximum absolute atomic E-state index is 11.5. The average Bonchev–Trinajstić information content (AvgIpc) is 3.07. The van der Waals surface area contributed by atoms with Crippen LogP contribution in [0.3, 0.4) is 0 Å². The SMILES string of the molecule is Cc1ccc(-n2nc(C3CCCC3)c(C(=O)O)c2Cl)nn1. The van der Waals surface area contributed by atoms with Crippen molar-refractivity contribution >= 4 is 17.6 Å². The fourth-order valence-electron chi connectivity index (χ4n) is 2.75. The fourth-order valence-corrected chi connectivity index (χ4v) is 3.05. The standard InChI is InChI=1S/C14H15ClN4O2/c1-8-6-7-10(17-16-8)19-13(15)11(14(20)21)12(18-19)9-4-2-3-5-9/h6-7,9H,2-5H2,1H3,(H,20,21). The molecule has 0 saturated heterocycles. The van der Waals surface area contributed by atoms with Crippen molar-refractivity contribution in [2.45, 2.75) is 38.5 Å². The Balaban J connectivity index is 2.11. The van der Waals surface area contributed by atoms with E-state index >= 15 is 0 Å². The van der Waals surface area contributed by atoms with Crippen molar-refractivity contribution in [1.82, 2.24) is 20.0 Å². The van der Waals surface area contributed by atoms with Crippen LogP contribution < -0.4 is 0 Å². The number of carboxylic acids is 1. The van der Waals surface area contributed by atoms with E-state index in [2.05, 4.69) is 15.3 Å². The molecule has 0 unspecified atom stereocenters. The predicted octanol–water partition coefficient (Wildman–Crippen LogP) is 2.98. The highest BCUT2D eigenvalue weighted by atomic mass is 35.5. The fraction of sp³-hybridized carbons (Fsp3) is 0.429. The Morgan fingerprint density at radius 2 is 2.05 bits per heavy atom. The molecule has 7 heteroatoms. The van der Waals surface area contributed by atoms with Gasteiger partial charge in [0.15, 0.2) is 5.82 Å². The summed E-state index contributed by atoms with van der Waals surface area (Å²) in [5, 5.41) is 21.9. The topological polar surface area (TPSA) is 80.9 Å². The van der Waals surface area contributed by atoms with E-state index in [1.807, 2.05) is 6.92 Å². The molecule has 0 atom stereocenters. The Labute approximate surface area is 126 Å². The van der Waals surface area contributed by atoms with Crippen LogP contribution in [0.5, 0.6) is 0 Å². The molecule has 1 saturated carbocycles. The summed E-state index contributed by atoms with van der Waals surface area (Å²) in [6.45, 7) is 1.83. The van der Waals surface area contributed by atoms with Crippen molar-refractivity contribution in [3.8, 4) is 5.82 Å². The van der Waals surface area contributed by atoms with Gasteiger partial charge in [0.2, 0.25) is 0 Å². The predicted molar refractivity (Wildman–Crippen MR) is 77.1 cm³/mol. The van der Waals surface area contributed by atoms with Crippen molar-refractivity contribution < 1.29 is 9.90 Å². The lowest BCUT2D eigenvalue weighted by atomic mass is 10.0. The van der Waals surface area contributed by atoms with Gasteiger partial charge in [0.05, 0.1) is 11.4 Å². The third kappa shape index (κ3) is 2.51. The maximum atomic E-state index is 11.5. The van der Waals surface area contributed by atoms with Crippen LogP contribution in [-0.4, -0.2) is 31.1 Å². The number of aromatic carboxylic acids is 1. The Bertz CT molecular complexity index is 675. The van der Waals surface area contributed by atoms with E-state index in [-0.39, 0.29) is 16.6 Å². The molecular weight excluding hydrogens is 292 g/mol. The molecule has 0 aromatic carbocycles. The molecule has 1 aliphatic rings. The quantitative estimate of drug-likeness (QED) is 0.942. The molecule has 0 amide bonds. The van der Waals surface area contributed by atoms with E-state index in [1.165, 1.54) is 4.68 Å². The molecule has 21 heavy (non-hydrogen) atoms. The molecule has 3 rings (SSSR count). The molecule has 0 radical (unpaired) electrons. The van der Waals surface area contributed by atoms with Gasteiger partial charge in [0, 0.05) is 5.92 Å². The Morgan fingerprint density at radius 3 is 2.62 bits per heavy atom. The lowest BCUT2D eigenvalue weighted by Crippen LogP contribution is -2.04. The van der Waals surface area contributed by atoms with Crippen LogP contribution in [0.15, 0.2) is 12.1 Å². The highest BCUT2D eigenvalue weighted by Crippen LogP contribution is 2.37. The number of aryl methyl sites for hydroxylation is 1. The molecule has 6 nitrogen and oxygen atoms in total.